The van der Waals surface area contributed by atoms with Gasteiger partial charge in [0.15, 0.2) is 0 Å². The van der Waals surface area contributed by atoms with Crippen LogP contribution in [-0.4, -0.2) is 52.8 Å². The molecule has 0 spiro atoms. The third-order valence-electron chi connectivity index (χ3n) is 3.27. The minimum absolute atomic E-state index is 0.241. The van der Waals surface area contributed by atoms with E-state index >= 15 is 0 Å². The molecule has 1 saturated heterocycles. The van der Waals surface area contributed by atoms with Crippen LogP contribution in [0.15, 0.2) is 5.38 Å². The first kappa shape index (κ1) is 14.8. The first-order valence-electron chi connectivity index (χ1n) is 6.66. The molecule has 1 aliphatic rings. The number of hydrogen-bond donors (Lipinski definition) is 0. The van der Waals surface area contributed by atoms with Crippen LogP contribution in [0.4, 0.5) is 0 Å². The fourth-order valence-corrected chi connectivity index (χ4v) is 3.14. The molecule has 0 radical (unpaired) electrons. The van der Waals surface area contributed by atoms with Crippen molar-refractivity contribution in [3.05, 3.63) is 16.1 Å². The summed E-state index contributed by atoms with van der Waals surface area (Å²) < 4.78 is 0. The van der Waals surface area contributed by atoms with Crippen LogP contribution in [0.25, 0.3) is 0 Å². The Morgan fingerprint density at radius 3 is 2.74 bits per heavy atom. The van der Waals surface area contributed by atoms with Crippen LogP contribution in [-0.2, 0) is 11.3 Å². The van der Waals surface area contributed by atoms with Crippen LogP contribution in [0.3, 0.4) is 0 Å². The summed E-state index contributed by atoms with van der Waals surface area (Å²) in [7, 11) is 0. The van der Waals surface area contributed by atoms with Gasteiger partial charge in [-0.05, 0) is 13.3 Å². The molecule has 1 fully saturated rings. The number of hydrogen-bond acceptors (Lipinski definition) is 4. The van der Waals surface area contributed by atoms with Gasteiger partial charge in [0.1, 0.15) is 5.01 Å². The predicted molar refractivity (Wildman–Crippen MR) is 78.7 cm³/mol. The zero-order chi connectivity index (χ0) is 13.7. The van der Waals surface area contributed by atoms with Crippen molar-refractivity contribution < 1.29 is 4.79 Å². The van der Waals surface area contributed by atoms with Gasteiger partial charge in [-0.3, -0.25) is 9.69 Å². The molecular weight excluding hydrogens is 282 g/mol. The van der Waals surface area contributed by atoms with Crippen LogP contribution in [0.2, 0.25) is 0 Å². The third kappa shape index (κ3) is 4.44. The van der Waals surface area contributed by atoms with Crippen LogP contribution >= 0.6 is 22.9 Å². The Bertz CT molecular complexity index is 416. The van der Waals surface area contributed by atoms with Gasteiger partial charge in [-0.2, -0.15) is 0 Å². The molecular formula is C13H20ClN3OS. The molecule has 0 atom stereocenters. The van der Waals surface area contributed by atoms with E-state index in [2.05, 4.69) is 15.3 Å². The maximum atomic E-state index is 11.9. The molecule has 4 nitrogen and oxygen atoms in total. The molecule has 0 unspecified atom stereocenters. The molecule has 1 amide bonds. The van der Waals surface area contributed by atoms with E-state index in [0.717, 1.165) is 44.8 Å². The average molecular weight is 302 g/mol. The summed E-state index contributed by atoms with van der Waals surface area (Å²) >= 11 is 7.33. The van der Waals surface area contributed by atoms with Gasteiger partial charge >= 0.3 is 0 Å². The van der Waals surface area contributed by atoms with Gasteiger partial charge in [0.25, 0.3) is 0 Å². The van der Waals surface area contributed by atoms with E-state index in [1.54, 1.807) is 11.3 Å². The number of nitrogens with zero attached hydrogens (tertiary/aromatic N) is 3. The Hall–Kier alpha value is -0.650. The lowest BCUT2D eigenvalue weighted by molar-refractivity contribution is -0.133. The van der Waals surface area contributed by atoms with Gasteiger partial charge < -0.3 is 4.90 Å². The Balaban J connectivity index is 1.74. The zero-order valence-electron chi connectivity index (χ0n) is 11.3. The zero-order valence-corrected chi connectivity index (χ0v) is 12.8. The van der Waals surface area contributed by atoms with E-state index in [9.17, 15) is 4.79 Å². The maximum Gasteiger partial charge on any atom is 0.222 e. The van der Waals surface area contributed by atoms with Gasteiger partial charge in [-0.25, -0.2) is 4.98 Å². The first-order chi connectivity index (χ1) is 9.19. The number of rotatable bonds is 5. The fraction of sp³-hybridized carbons (Fsp3) is 0.692. The van der Waals surface area contributed by atoms with Crippen LogP contribution in [0.5, 0.6) is 0 Å². The van der Waals surface area contributed by atoms with Crippen LogP contribution in [0, 0.1) is 6.92 Å². The quantitative estimate of drug-likeness (QED) is 0.782. The number of aromatic nitrogens is 1. The molecule has 0 N–H and O–H groups in total. The molecule has 1 aliphatic heterocycles. The van der Waals surface area contributed by atoms with E-state index in [1.807, 2.05) is 11.8 Å². The largest absolute Gasteiger partial charge is 0.340 e. The van der Waals surface area contributed by atoms with Crippen LogP contribution < -0.4 is 0 Å². The molecule has 19 heavy (non-hydrogen) atoms. The number of halogens is 1. The second-order valence-electron chi connectivity index (χ2n) is 4.83. The van der Waals surface area contributed by atoms with Crippen LogP contribution in [0.1, 0.15) is 23.5 Å². The van der Waals surface area contributed by atoms with Crippen molar-refractivity contribution in [3.8, 4) is 0 Å². The Labute approximate surface area is 123 Å². The molecule has 0 aromatic carbocycles. The summed E-state index contributed by atoms with van der Waals surface area (Å²) in [4.78, 5) is 20.7. The second-order valence-corrected chi connectivity index (χ2v) is 6.15. The number of thiazole rings is 1. The summed E-state index contributed by atoms with van der Waals surface area (Å²) in [5.74, 6) is 0.806. The maximum absolute atomic E-state index is 11.9. The number of carbonyl (C=O) groups excluding carboxylic acids is 1. The number of piperazine rings is 1. The SMILES string of the molecule is Cc1csc(CN2CCN(C(=O)CCCCl)CC2)n1. The van der Waals surface area contributed by atoms with Gasteiger partial charge in [0.05, 0.1) is 6.54 Å². The van der Waals surface area contributed by atoms with Crippen molar-refractivity contribution >= 4 is 28.8 Å². The smallest absolute Gasteiger partial charge is 0.222 e. The topological polar surface area (TPSA) is 36.4 Å². The Morgan fingerprint density at radius 2 is 2.16 bits per heavy atom. The van der Waals surface area contributed by atoms with E-state index in [-0.39, 0.29) is 5.91 Å². The summed E-state index contributed by atoms with van der Waals surface area (Å²) in [5.41, 5.74) is 1.09. The molecule has 2 rings (SSSR count). The summed E-state index contributed by atoms with van der Waals surface area (Å²) in [6.45, 7) is 6.45. The van der Waals surface area contributed by atoms with Crippen molar-refractivity contribution in [3.63, 3.8) is 0 Å². The van der Waals surface area contributed by atoms with E-state index in [1.165, 1.54) is 5.01 Å². The standard InChI is InChI=1S/C13H20ClN3OS/c1-11-10-19-12(15-11)9-16-5-7-17(8-6-16)13(18)3-2-4-14/h10H,2-9H2,1H3. The highest BCUT2D eigenvalue weighted by atomic mass is 35.5. The van der Waals surface area contributed by atoms with Crippen molar-refractivity contribution in [2.24, 2.45) is 0 Å². The summed E-state index contributed by atoms with van der Waals surface area (Å²) in [6.07, 6.45) is 1.36. The van der Waals surface area contributed by atoms with Gasteiger partial charge in [0.2, 0.25) is 5.91 Å². The monoisotopic (exact) mass is 301 g/mol. The average Bonchev–Trinajstić information content (AvgIpc) is 2.82. The van der Waals surface area contributed by atoms with E-state index in [0.29, 0.717) is 12.3 Å². The van der Waals surface area contributed by atoms with Crippen molar-refractivity contribution in [2.75, 3.05) is 32.1 Å². The number of carbonyl (C=O) groups is 1. The lowest BCUT2D eigenvalue weighted by Gasteiger charge is -2.34. The molecule has 6 heteroatoms. The summed E-state index contributed by atoms with van der Waals surface area (Å²) in [5, 5.41) is 3.25. The Morgan fingerprint density at radius 1 is 1.42 bits per heavy atom. The highest BCUT2D eigenvalue weighted by Crippen LogP contribution is 2.13. The molecule has 1 aromatic rings. The van der Waals surface area contributed by atoms with Crippen molar-refractivity contribution in [2.45, 2.75) is 26.3 Å². The number of alkyl halides is 1. The highest BCUT2D eigenvalue weighted by molar-refractivity contribution is 7.09. The second kappa shape index (κ2) is 7.22. The molecule has 106 valence electrons. The third-order valence-corrected chi connectivity index (χ3v) is 4.49. The predicted octanol–water partition coefficient (Wildman–Crippen LogP) is 2.11. The summed E-state index contributed by atoms with van der Waals surface area (Å²) in [6, 6.07) is 0. The lowest BCUT2D eigenvalue weighted by atomic mass is 10.2. The number of amides is 1. The van der Waals surface area contributed by atoms with Gasteiger partial charge in [-0.1, -0.05) is 0 Å². The minimum atomic E-state index is 0.241. The molecule has 0 aliphatic carbocycles. The lowest BCUT2D eigenvalue weighted by Crippen LogP contribution is -2.48. The molecule has 1 aromatic heterocycles. The van der Waals surface area contributed by atoms with E-state index < -0.39 is 0 Å². The molecule has 0 bridgehead atoms. The first-order valence-corrected chi connectivity index (χ1v) is 8.07. The molecule has 2 heterocycles. The molecule has 0 saturated carbocycles. The minimum Gasteiger partial charge on any atom is -0.340 e. The fourth-order valence-electron chi connectivity index (χ4n) is 2.20. The van der Waals surface area contributed by atoms with Gasteiger partial charge in [0, 0.05) is 49.6 Å². The van der Waals surface area contributed by atoms with E-state index in [4.69, 9.17) is 11.6 Å². The van der Waals surface area contributed by atoms with Gasteiger partial charge in [-0.15, -0.1) is 22.9 Å². The van der Waals surface area contributed by atoms with Crippen molar-refractivity contribution in [1.82, 2.24) is 14.8 Å². The Kier molecular flexibility index (Phi) is 5.60. The normalized spacial score (nSPS) is 16.8. The highest BCUT2D eigenvalue weighted by Gasteiger charge is 2.21. The van der Waals surface area contributed by atoms with Crippen molar-refractivity contribution in [1.29, 1.82) is 0 Å². The number of aryl methyl sites for hydroxylation is 1.